The maximum Gasteiger partial charge on any atom is 0.265 e. The topological polar surface area (TPSA) is 64.0 Å². The molecule has 2 aromatic rings. The summed E-state index contributed by atoms with van der Waals surface area (Å²) in [4.78, 5) is -0.408. The molecule has 19 heavy (non-hydrogen) atoms. The first kappa shape index (κ1) is 14.0. The minimum absolute atomic E-state index is 0.278. The van der Waals surface area contributed by atoms with Crippen LogP contribution in [0.25, 0.3) is 0 Å². The van der Waals surface area contributed by atoms with Gasteiger partial charge in [-0.3, -0.25) is 9.40 Å². The minimum Gasteiger partial charge on any atom is -0.263 e. The minimum atomic E-state index is -3.98. The lowest BCUT2D eigenvalue weighted by atomic mass is 10.3. The van der Waals surface area contributed by atoms with Gasteiger partial charge in [0.25, 0.3) is 10.0 Å². The predicted octanol–water partition coefficient (Wildman–Crippen LogP) is 2.43. The summed E-state index contributed by atoms with van der Waals surface area (Å²) >= 11 is 3.08. The first-order valence-corrected chi connectivity index (χ1v) is 7.56. The van der Waals surface area contributed by atoms with Crippen LogP contribution in [-0.4, -0.2) is 18.2 Å². The van der Waals surface area contributed by atoms with Crippen molar-refractivity contribution in [1.29, 1.82) is 0 Å². The van der Waals surface area contributed by atoms with E-state index in [0.29, 0.717) is 10.2 Å². The molecule has 0 bridgehead atoms. The quantitative estimate of drug-likeness (QED) is 0.927. The molecule has 0 radical (unpaired) electrons. The summed E-state index contributed by atoms with van der Waals surface area (Å²) in [5.74, 6) is -0.541. The van der Waals surface area contributed by atoms with Gasteiger partial charge in [0, 0.05) is 17.6 Å². The fourth-order valence-electron chi connectivity index (χ4n) is 1.59. The summed E-state index contributed by atoms with van der Waals surface area (Å²) < 4.78 is 42.0. The van der Waals surface area contributed by atoms with Crippen molar-refractivity contribution in [3.05, 3.63) is 40.2 Å². The van der Waals surface area contributed by atoms with E-state index in [4.69, 9.17) is 0 Å². The molecular formula is C11H11BrFN3O2S. The highest BCUT2D eigenvalue weighted by atomic mass is 79.9. The van der Waals surface area contributed by atoms with E-state index in [2.05, 4.69) is 25.8 Å². The van der Waals surface area contributed by atoms with Crippen molar-refractivity contribution < 1.29 is 12.8 Å². The Bertz CT molecular complexity index is 728. The first-order valence-electron chi connectivity index (χ1n) is 5.28. The molecule has 5 nitrogen and oxygen atoms in total. The number of aryl methyl sites for hydroxylation is 2. The molecule has 0 fully saturated rings. The molecule has 2 rings (SSSR count). The third-order valence-electron chi connectivity index (χ3n) is 2.42. The van der Waals surface area contributed by atoms with Gasteiger partial charge in [-0.25, -0.2) is 12.8 Å². The Labute approximate surface area is 118 Å². The van der Waals surface area contributed by atoms with Crippen LogP contribution in [0.2, 0.25) is 0 Å². The summed E-state index contributed by atoms with van der Waals surface area (Å²) in [5, 5.41) is 4.01. The van der Waals surface area contributed by atoms with Crippen molar-refractivity contribution in [1.82, 2.24) is 9.78 Å². The highest BCUT2D eigenvalue weighted by Gasteiger charge is 2.20. The second-order valence-corrected chi connectivity index (χ2v) is 6.54. The monoisotopic (exact) mass is 347 g/mol. The number of aromatic nitrogens is 2. The molecule has 1 N–H and O–H groups in total. The Morgan fingerprint density at radius 3 is 2.58 bits per heavy atom. The van der Waals surface area contributed by atoms with Crippen LogP contribution in [0.3, 0.4) is 0 Å². The van der Waals surface area contributed by atoms with E-state index < -0.39 is 20.7 Å². The van der Waals surface area contributed by atoms with E-state index in [1.54, 1.807) is 20.0 Å². The largest absolute Gasteiger partial charge is 0.265 e. The number of benzene rings is 1. The van der Waals surface area contributed by atoms with Crippen molar-refractivity contribution in [3.8, 4) is 0 Å². The second kappa shape index (κ2) is 4.93. The van der Waals surface area contributed by atoms with Crippen LogP contribution < -0.4 is 4.72 Å². The summed E-state index contributed by atoms with van der Waals surface area (Å²) in [6.07, 6.45) is 0. The van der Waals surface area contributed by atoms with Crippen LogP contribution in [0, 0.1) is 12.7 Å². The maximum absolute atomic E-state index is 13.7. The molecule has 1 heterocycles. The Kier molecular flexibility index (Phi) is 3.64. The van der Waals surface area contributed by atoms with E-state index in [0.717, 1.165) is 6.07 Å². The van der Waals surface area contributed by atoms with Gasteiger partial charge in [-0.15, -0.1) is 0 Å². The molecule has 1 aromatic carbocycles. The van der Waals surface area contributed by atoms with Gasteiger partial charge in [0.1, 0.15) is 16.5 Å². The van der Waals surface area contributed by atoms with Crippen molar-refractivity contribution in [2.75, 3.05) is 4.72 Å². The normalized spacial score (nSPS) is 11.6. The first-order chi connectivity index (χ1) is 8.79. The van der Waals surface area contributed by atoms with Gasteiger partial charge in [0.2, 0.25) is 0 Å². The van der Waals surface area contributed by atoms with Gasteiger partial charge in [-0.2, -0.15) is 5.10 Å². The number of nitrogens with one attached hydrogen (secondary N) is 1. The molecule has 0 aliphatic heterocycles. The third-order valence-corrected chi connectivity index (χ3v) is 4.31. The Morgan fingerprint density at radius 1 is 1.37 bits per heavy atom. The molecule has 1 aromatic heterocycles. The van der Waals surface area contributed by atoms with Crippen molar-refractivity contribution in [3.63, 3.8) is 0 Å². The number of halogens is 2. The van der Waals surface area contributed by atoms with Crippen molar-refractivity contribution in [2.24, 2.45) is 7.05 Å². The lowest BCUT2D eigenvalue weighted by Gasteiger charge is -2.08. The van der Waals surface area contributed by atoms with E-state index in [1.165, 1.54) is 16.8 Å². The van der Waals surface area contributed by atoms with E-state index in [9.17, 15) is 12.8 Å². The average molecular weight is 348 g/mol. The second-order valence-electron chi connectivity index (χ2n) is 3.97. The zero-order chi connectivity index (χ0) is 14.2. The number of nitrogens with zero attached hydrogens (tertiary/aromatic N) is 2. The van der Waals surface area contributed by atoms with Gasteiger partial charge in [-0.1, -0.05) is 15.9 Å². The number of hydrogen-bond donors (Lipinski definition) is 1. The van der Waals surface area contributed by atoms with E-state index >= 15 is 0 Å². The summed E-state index contributed by atoms with van der Waals surface area (Å²) in [7, 11) is -2.38. The lowest BCUT2D eigenvalue weighted by Crippen LogP contribution is -2.16. The zero-order valence-corrected chi connectivity index (χ0v) is 12.6. The van der Waals surface area contributed by atoms with Crippen LogP contribution in [-0.2, 0) is 17.1 Å². The number of rotatable bonds is 3. The Hall–Kier alpha value is -1.41. The molecule has 0 atom stereocenters. The van der Waals surface area contributed by atoms with Crippen molar-refractivity contribution in [2.45, 2.75) is 11.8 Å². The molecule has 0 unspecified atom stereocenters. The number of hydrogen-bond acceptors (Lipinski definition) is 3. The third kappa shape index (κ3) is 2.95. The maximum atomic E-state index is 13.7. The van der Waals surface area contributed by atoms with E-state index in [-0.39, 0.29) is 5.82 Å². The van der Waals surface area contributed by atoms with Crippen LogP contribution in [0.4, 0.5) is 10.2 Å². The summed E-state index contributed by atoms with van der Waals surface area (Å²) in [6, 6.07) is 5.33. The molecule has 0 aliphatic carbocycles. The Balaban J connectivity index is 2.40. The van der Waals surface area contributed by atoms with Crippen molar-refractivity contribution >= 4 is 31.8 Å². The SMILES string of the molecule is Cc1cc(NS(=O)(=O)c2ccc(Br)cc2F)n(C)n1. The van der Waals surface area contributed by atoms with Gasteiger partial charge >= 0.3 is 0 Å². The van der Waals surface area contributed by atoms with Gasteiger partial charge in [0.15, 0.2) is 0 Å². The van der Waals surface area contributed by atoms with Crippen LogP contribution in [0.5, 0.6) is 0 Å². The molecule has 8 heteroatoms. The molecule has 0 saturated carbocycles. The smallest absolute Gasteiger partial charge is 0.263 e. The fraction of sp³-hybridized carbons (Fsp3) is 0.182. The molecule has 0 aliphatic rings. The van der Waals surface area contributed by atoms with E-state index in [1.807, 2.05) is 0 Å². The van der Waals surface area contributed by atoms with Crippen LogP contribution in [0.1, 0.15) is 5.69 Å². The molecule has 0 spiro atoms. The molecule has 0 saturated heterocycles. The summed E-state index contributed by atoms with van der Waals surface area (Å²) in [6.45, 7) is 1.73. The fourth-order valence-corrected chi connectivity index (χ4v) is 3.06. The molecular weight excluding hydrogens is 337 g/mol. The standard InChI is InChI=1S/C11H11BrFN3O2S/c1-7-5-11(16(2)14-7)15-19(17,18)10-4-3-8(12)6-9(10)13/h3-6,15H,1-2H3. The molecule has 102 valence electrons. The lowest BCUT2D eigenvalue weighted by molar-refractivity contribution is 0.569. The Morgan fingerprint density at radius 2 is 2.05 bits per heavy atom. The summed E-state index contributed by atoms with van der Waals surface area (Å²) in [5.41, 5.74) is 0.663. The van der Waals surface area contributed by atoms with Crippen LogP contribution >= 0.6 is 15.9 Å². The average Bonchev–Trinajstić information content (AvgIpc) is 2.55. The number of sulfonamides is 1. The van der Waals surface area contributed by atoms with Crippen LogP contribution in [0.15, 0.2) is 33.6 Å². The zero-order valence-electron chi connectivity index (χ0n) is 10.2. The van der Waals surface area contributed by atoms with Gasteiger partial charge < -0.3 is 0 Å². The van der Waals surface area contributed by atoms with Gasteiger partial charge in [-0.05, 0) is 25.1 Å². The molecule has 0 amide bonds. The highest BCUT2D eigenvalue weighted by Crippen LogP contribution is 2.22. The van der Waals surface area contributed by atoms with Gasteiger partial charge in [0.05, 0.1) is 5.69 Å². The number of anilines is 1. The predicted molar refractivity (Wildman–Crippen MR) is 72.9 cm³/mol. The highest BCUT2D eigenvalue weighted by molar-refractivity contribution is 9.10.